The van der Waals surface area contributed by atoms with E-state index >= 15 is 0 Å². The molecule has 94 valence electrons. The van der Waals surface area contributed by atoms with Crippen LogP contribution in [0.25, 0.3) is 0 Å². The highest BCUT2D eigenvalue weighted by Crippen LogP contribution is 2.32. The van der Waals surface area contributed by atoms with E-state index in [0.29, 0.717) is 18.1 Å². The second-order valence-corrected chi connectivity index (χ2v) is 4.19. The Hall–Kier alpha value is -1.26. The molecular formula is C13H18O4. The summed E-state index contributed by atoms with van der Waals surface area (Å²) in [5.74, 6) is 1.35. The second-order valence-electron chi connectivity index (χ2n) is 4.19. The molecule has 1 N–H and O–H groups in total. The molecule has 1 fully saturated rings. The standard InChI is InChI=1S/C13H18O4/c1-9(14)10-3-4-12(15-2)13(7-10)17-11-5-6-16-8-11/h3-4,7,9,11,14H,5-6,8H2,1-2H3/t9?,11-/m1/s1. The number of methoxy groups -OCH3 is 1. The lowest BCUT2D eigenvalue weighted by molar-refractivity contribution is 0.138. The number of rotatable bonds is 4. The van der Waals surface area contributed by atoms with Crippen molar-refractivity contribution in [2.75, 3.05) is 20.3 Å². The van der Waals surface area contributed by atoms with E-state index in [2.05, 4.69) is 0 Å². The molecule has 1 aromatic carbocycles. The minimum Gasteiger partial charge on any atom is -0.493 e. The molecule has 4 nitrogen and oxygen atoms in total. The second kappa shape index (κ2) is 5.38. The van der Waals surface area contributed by atoms with Crippen LogP contribution in [0.15, 0.2) is 18.2 Å². The summed E-state index contributed by atoms with van der Waals surface area (Å²) < 4.78 is 16.3. The monoisotopic (exact) mass is 238 g/mol. The van der Waals surface area contributed by atoms with E-state index in [-0.39, 0.29) is 6.10 Å². The number of aliphatic hydroxyl groups excluding tert-OH is 1. The predicted octanol–water partition coefficient (Wildman–Crippen LogP) is 1.92. The molecule has 1 aromatic rings. The zero-order chi connectivity index (χ0) is 12.3. The molecular weight excluding hydrogens is 220 g/mol. The molecule has 2 atom stereocenters. The van der Waals surface area contributed by atoms with Gasteiger partial charge in [0.1, 0.15) is 6.10 Å². The van der Waals surface area contributed by atoms with Crippen molar-refractivity contribution in [3.63, 3.8) is 0 Å². The highest BCUT2D eigenvalue weighted by Gasteiger charge is 2.19. The molecule has 1 aliphatic rings. The van der Waals surface area contributed by atoms with Gasteiger partial charge in [-0.1, -0.05) is 6.07 Å². The quantitative estimate of drug-likeness (QED) is 0.870. The number of ether oxygens (including phenoxy) is 3. The van der Waals surface area contributed by atoms with E-state index in [1.54, 1.807) is 14.0 Å². The summed E-state index contributed by atoms with van der Waals surface area (Å²) in [6, 6.07) is 5.47. The summed E-state index contributed by atoms with van der Waals surface area (Å²) in [5, 5.41) is 9.55. The van der Waals surface area contributed by atoms with Crippen LogP contribution in [0.3, 0.4) is 0 Å². The topological polar surface area (TPSA) is 47.9 Å². The lowest BCUT2D eigenvalue weighted by atomic mass is 10.1. The molecule has 0 radical (unpaired) electrons. The summed E-state index contributed by atoms with van der Waals surface area (Å²) in [5.41, 5.74) is 0.819. The van der Waals surface area contributed by atoms with Crippen molar-refractivity contribution in [3.8, 4) is 11.5 Å². The van der Waals surface area contributed by atoms with Crippen LogP contribution in [-0.2, 0) is 4.74 Å². The lowest BCUT2D eigenvalue weighted by Gasteiger charge is -2.16. The first-order valence-corrected chi connectivity index (χ1v) is 5.81. The van der Waals surface area contributed by atoms with Crippen LogP contribution in [0.1, 0.15) is 25.0 Å². The summed E-state index contributed by atoms with van der Waals surface area (Å²) in [4.78, 5) is 0. The molecule has 17 heavy (non-hydrogen) atoms. The first-order valence-electron chi connectivity index (χ1n) is 5.81. The van der Waals surface area contributed by atoms with Crippen LogP contribution in [0.5, 0.6) is 11.5 Å². The Kier molecular flexibility index (Phi) is 3.86. The molecule has 1 saturated heterocycles. The van der Waals surface area contributed by atoms with Gasteiger partial charge >= 0.3 is 0 Å². The Morgan fingerprint density at radius 3 is 2.82 bits per heavy atom. The van der Waals surface area contributed by atoms with Crippen LogP contribution >= 0.6 is 0 Å². The van der Waals surface area contributed by atoms with Gasteiger partial charge in [-0.15, -0.1) is 0 Å². The van der Waals surface area contributed by atoms with Gasteiger partial charge in [0.15, 0.2) is 11.5 Å². The number of hydrogen-bond donors (Lipinski definition) is 1. The Morgan fingerprint density at radius 2 is 2.24 bits per heavy atom. The Balaban J connectivity index is 2.19. The number of aliphatic hydroxyl groups is 1. The van der Waals surface area contributed by atoms with Crippen molar-refractivity contribution in [3.05, 3.63) is 23.8 Å². The average Bonchev–Trinajstić information content (AvgIpc) is 2.81. The van der Waals surface area contributed by atoms with Crippen molar-refractivity contribution < 1.29 is 19.3 Å². The SMILES string of the molecule is COc1ccc(C(C)O)cc1O[C@@H]1CCOC1. The number of hydrogen-bond acceptors (Lipinski definition) is 4. The maximum Gasteiger partial charge on any atom is 0.162 e. The lowest BCUT2D eigenvalue weighted by Crippen LogP contribution is -2.16. The fourth-order valence-electron chi connectivity index (χ4n) is 1.83. The molecule has 0 aromatic heterocycles. The molecule has 1 aliphatic heterocycles. The van der Waals surface area contributed by atoms with Gasteiger partial charge in [0, 0.05) is 6.42 Å². The van der Waals surface area contributed by atoms with E-state index in [9.17, 15) is 5.11 Å². The molecule has 0 amide bonds. The highest BCUT2D eigenvalue weighted by molar-refractivity contribution is 5.43. The Labute approximate surface area is 101 Å². The van der Waals surface area contributed by atoms with Gasteiger partial charge in [0.2, 0.25) is 0 Å². The largest absolute Gasteiger partial charge is 0.493 e. The van der Waals surface area contributed by atoms with Gasteiger partial charge in [0.25, 0.3) is 0 Å². The minimum absolute atomic E-state index is 0.0770. The zero-order valence-electron chi connectivity index (χ0n) is 10.2. The van der Waals surface area contributed by atoms with E-state index < -0.39 is 6.10 Å². The fraction of sp³-hybridized carbons (Fsp3) is 0.538. The third-order valence-electron chi connectivity index (χ3n) is 2.85. The molecule has 1 heterocycles. The van der Waals surface area contributed by atoms with Gasteiger partial charge in [-0.3, -0.25) is 0 Å². The van der Waals surface area contributed by atoms with Gasteiger partial charge in [0.05, 0.1) is 26.4 Å². The van der Waals surface area contributed by atoms with Gasteiger partial charge in [-0.2, -0.15) is 0 Å². The molecule has 2 rings (SSSR count). The van der Waals surface area contributed by atoms with Crippen molar-refractivity contribution in [2.45, 2.75) is 25.6 Å². The normalized spacial score (nSPS) is 21.2. The van der Waals surface area contributed by atoms with E-state index in [1.807, 2.05) is 18.2 Å². The van der Waals surface area contributed by atoms with Gasteiger partial charge in [-0.25, -0.2) is 0 Å². The summed E-state index contributed by atoms with van der Waals surface area (Å²) >= 11 is 0. The van der Waals surface area contributed by atoms with Crippen LogP contribution < -0.4 is 9.47 Å². The van der Waals surface area contributed by atoms with Crippen LogP contribution in [0.2, 0.25) is 0 Å². The van der Waals surface area contributed by atoms with Crippen LogP contribution in [-0.4, -0.2) is 31.5 Å². The molecule has 0 aliphatic carbocycles. The van der Waals surface area contributed by atoms with Gasteiger partial charge < -0.3 is 19.3 Å². The fourth-order valence-corrected chi connectivity index (χ4v) is 1.83. The highest BCUT2D eigenvalue weighted by atomic mass is 16.6. The maximum atomic E-state index is 9.55. The zero-order valence-corrected chi connectivity index (χ0v) is 10.2. The summed E-state index contributed by atoms with van der Waals surface area (Å²) in [6.45, 7) is 3.08. The first-order chi connectivity index (χ1) is 8.20. The van der Waals surface area contributed by atoms with Crippen LogP contribution in [0.4, 0.5) is 0 Å². The first kappa shape index (κ1) is 12.2. The summed E-state index contributed by atoms with van der Waals surface area (Å²) in [6.07, 6.45) is 0.457. The third kappa shape index (κ3) is 2.90. The molecule has 0 spiro atoms. The van der Waals surface area contributed by atoms with Crippen molar-refractivity contribution in [1.82, 2.24) is 0 Å². The Bertz CT molecular complexity index is 370. The van der Waals surface area contributed by atoms with E-state index in [0.717, 1.165) is 18.6 Å². The number of benzene rings is 1. The van der Waals surface area contributed by atoms with E-state index in [1.165, 1.54) is 0 Å². The minimum atomic E-state index is -0.511. The van der Waals surface area contributed by atoms with Crippen LogP contribution in [0, 0.1) is 0 Å². The Morgan fingerprint density at radius 1 is 1.41 bits per heavy atom. The average molecular weight is 238 g/mol. The van der Waals surface area contributed by atoms with E-state index in [4.69, 9.17) is 14.2 Å². The smallest absolute Gasteiger partial charge is 0.162 e. The van der Waals surface area contributed by atoms with Gasteiger partial charge in [-0.05, 0) is 24.6 Å². The summed E-state index contributed by atoms with van der Waals surface area (Å²) in [7, 11) is 1.61. The maximum absolute atomic E-state index is 9.55. The van der Waals surface area contributed by atoms with Crippen molar-refractivity contribution in [1.29, 1.82) is 0 Å². The van der Waals surface area contributed by atoms with Crippen molar-refractivity contribution >= 4 is 0 Å². The predicted molar refractivity (Wildman–Crippen MR) is 63.5 cm³/mol. The molecule has 0 bridgehead atoms. The van der Waals surface area contributed by atoms with Crippen molar-refractivity contribution in [2.24, 2.45) is 0 Å². The molecule has 4 heteroatoms. The molecule has 1 unspecified atom stereocenters. The molecule has 0 saturated carbocycles. The third-order valence-corrected chi connectivity index (χ3v) is 2.85.